The topological polar surface area (TPSA) is 98.0 Å². The van der Waals surface area contributed by atoms with Gasteiger partial charge in [0, 0.05) is 5.75 Å². The normalized spacial score (nSPS) is 19.6. The highest BCUT2D eigenvalue weighted by Gasteiger charge is 2.30. The second kappa shape index (κ2) is 7.62. The number of benzene rings is 1. The number of aliphatic carboxylic acids is 1. The van der Waals surface area contributed by atoms with Crippen molar-refractivity contribution in [2.24, 2.45) is 0 Å². The van der Waals surface area contributed by atoms with E-state index in [4.69, 9.17) is 14.3 Å². The molecule has 8 heteroatoms. The van der Waals surface area contributed by atoms with Gasteiger partial charge in [-0.1, -0.05) is 12.1 Å². The van der Waals surface area contributed by atoms with Crippen LogP contribution < -0.4 is 10.1 Å². The lowest BCUT2D eigenvalue weighted by atomic mass is 10.2. The van der Waals surface area contributed by atoms with Gasteiger partial charge in [-0.2, -0.15) is 0 Å². The number of carboxylic acids is 1. The molecule has 2 N–H and O–H groups in total. The van der Waals surface area contributed by atoms with Crippen LogP contribution in [-0.4, -0.2) is 35.9 Å². The summed E-state index contributed by atoms with van der Waals surface area (Å²) in [4.78, 5) is 22.4. The van der Waals surface area contributed by atoms with Crippen molar-refractivity contribution >= 4 is 23.7 Å². The SMILES string of the molecule is COC(=O)c1ccc(COc2cccc([C@H]3N[C@@H](C(=O)O)CS3)c2)o1. The summed E-state index contributed by atoms with van der Waals surface area (Å²) in [5.74, 6) is 0.404. The molecule has 132 valence electrons. The number of ether oxygens (including phenoxy) is 2. The van der Waals surface area contributed by atoms with E-state index in [-0.39, 0.29) is 17.7 Å². The lowest BCUT2D eigenvalue weighted by molar-refractivity contribution is -0.138. The summed E-state index contributed by atoms with van der Waals surface area (Å²) < 4.78 is 15.6. The number of furan rings is 1. The van der Waals surface area contributed by atoms with E-state index in [1.165, 1.54) is 13.2 Å². The Kier molecular flexibility index (Phi) is 5.30. The van der Waals surface area contributed by atoms with Gasteiger partial charge >= 0.3 is 11.9 Å². The van der Waals surface area contributed by atoms with Crippen molar-refractivity contribution < 1.29 is 28.6 Å². The minimum Gasteiger partial charge on any atom is -0.486 e. The van der Waals surface area contributed by atoms with Gasteiger partial charge in [0.25, 0.3) is 0 Å². The molecule has 0 spiro atoms. The van der Waals surface area contributed by atoms with E-state index < -0.39 is 18.0 Å². The van der Waals surface area contributed by atoms with Crippen LogP contribution in [0.2, 0.25) is 0 Å². The summed E-state index contributed by atoms with van der Waals surface area (Å²) in [6.45, 7) is 0.170. The first-order valence-corrected chi connectivity index (χ1v) is 8.62. The van der Waals surface area contributed by atoms with Crippen LogP contribution in [0.4, 0.5) is 0 Å². The van der Waals surface area contributed by atoms with E-state index in [2.05, 4.69) is 10.1 Å². The smallest absolute Gasteiger partial charge is 0.373 e. The number of esters is 1. The van der Waals surface area contributed by atoms with Gasteiger partial charge in [0.1, 0.15) is 24.2 Å². The Balaban J connectivity index is 1.61. The summed E-state index contributed by atoms with van der Waals surface area (Å²) >= 11 is 1.55. The molecule has 1 saturated heterocycles. The Bertz CT molecular complexity index is 774. The van der Waals surface area contributed by atoms with Gasteiger partial charge in [0.2, 0.25) is 5.76 Å². The largest absolute Gasteiger partial charge is 0.486 e. The lowest BCUT2D eigenvalue weighted by Gasteiger charge is -2.13. The van der Waals surface area contributed by atoms with E-state index in [0.717, 1.165) is 5.56 Å². The number of carbonyl (C=O) groups is 2. The molecule has 1 aliphatic rings. The summed E-state index contributed by atoms with van der Waals surface area (Å²) in [5, 5.41) is 12.0. The van der Waals surface area contributed by atoms with Gasteiger partial charge in [0.05, 0.1) is 12.5 Å². The molecule has 2 heterocycles. The Morgan fingerprint density at radius 1 is 1.36 bits per heavy atom. The van der Waals surface area contributed by atoms with E-state index >= 15 is 0 Å². The monoisotopic (exact) mass is 363 g/mol. The molecule has 3 rings (SSSR count). The number of carboxylic acid groups (broad SMARTS) is 1. The van der Waals surface area contributed by atoms with Crippen molar-refractivity contribution in [3.63, 3.8) is 0 Å². The zero-order chi connectivity index (χ0) is 17.8. The Morgan fingerprint density at radius 2 is 2.20 bits per heavy atom. The second-order valence-electron chi connectivity index (χ2n) is 5.39. The highest BCUT2D eigenvalue weighted by Crippen LogP contribution is 2.34. The average molecular weight is 363 g/mol. The maximum Gasteiger partial charge on any atom is 0.373 e. The first kappa shape index (κ1) is 17.4. The molecule has 0 amide bonds. The third-order valence-electron chi connectivity index (χ3n) is 3.67. The van der Waals surface area contributed by atoms with Crippen LogP contribution in [0.3, 0.4) is 0 Å². The Labute approximate surface area is 148 Å². The third-order valence-corrected chi connectivity index (χ3v) is 4.94. The average Bonchev–Trinajstić information content (AvgIpc) is 3.29. The molecule has 1 aromatic carbocycles. The second-order valence-corrected chi connectivity index (χ2v) is 6.53. The molecule has 1 aromatic heterocycles. The standard InChI is InChI=1S/C17H17NO6S/c1-22-17(21)14-6-5-12(24-14)8-23-11-4-2-3-10(7-11)15-18-13(9-25-15)16(19)20/h2-7,13,15,18H,8-9H2,1H3,(H,19,20)/t13-,15+/m1/s1. The molecule has 0 bridgehead atoms. The van der Waals surface area contributed by atoms with Crippen LogP contribution >= 0.6 is 11.8 Å². The molecule has 0 unspecified atom stereocenters. The summed E-state index contributed by atoms with van der Waals surface area (Å²) in [5.41, 5.74) is 0.945. The van der Waals surface area contributed by atoms with Gasteiger partial charge in [0.15, 0.2) is 0 Å². The highest BCUT2D eigenvalue weighted by molar-refractivity contribution is 7.99. The van der Waals surface area contributed by atoms with Crippen LogP contribution in [0.15, 0.2) is 40.8 Å². The van der Waals surface area contributed by atoms with Crippen LogP contribution in [-0.2, 0) is 16.1 Å². The number of rotatable bonds is 6. The molecule has 1 fully saturated rings. The van der Waals surface area contributed by atoms with Crippen LogP contribution in [0.5, 0.6) is 5.75 Å². The maximum absolute atomic E-state index is 11.4. The summed E-state index contributed by atoms with van der Waals surface area (Å²) in [7, 11) is 1.29. The van der Waals surface area contributed by atoms with Crippen LogP contribution in [0, 0.1) is 0 Å². The van der Waals surface area contributed by atoms with Crippen molar-refractivity contribution in [3.8, 4) is 5.75 Å². The van der Waals surface area contributed by atoms with Crippen molar-refractivity contribution in [2.75, 3.05) is 12.9 Å². The van der Waals surface area contributed by atoms with Crippen molar-refractivity contribution in [3.05, 3.63) is 53.5 Å². The summed E-state index contributed by atoms with van der Waals surface area (Å²) in [6.07, 6.45) is 0. The number of carbonyl (C=O) groups excluding carboxylic acids is 1. The molecule has 0 aliphatic carbocycles. The third kappa shape index (κ3) is 4.15. The fourth-order valence-electron chi connectivity index (χ4n) is 2.39. The fraction of sp³-hybridized carbons (Fsp3) is 0.294. The van der Waals surface area contributed by atoms with Gasteiger partial charge in [-0.25, -0.2) is 4.79 Å². The highest BCUT2D eigenvalue weighted by atomic mass is 32.2. The van der Waals surface area contributed by atoms with Gasteiger partial charge in [-0.05, 0) is 29.8 Å². The van der Waals surface area contributed by atoms with E-state index in [0.29, 0.717) is 17.3 Å². The molecule has 0 saturated carbocycles. The number of methoxy groups -OCH3 is 1. The van der Waals surface area contributed by atoms with Gasteiger partial charge in [-0.3, -0.25) is 10.1 Å². The maximum atomic E-state index is 11.4. The zero-order valence-corrected chi connectivity index (χ0v) is 14.2. The number of hydrogen-bond acceptors (Lipinski definition) is 7. The number of nitrogens with one attached hydrogen (secondary N) is 1. The number of hydrogen-bond donors (Lipinski definition) is 2. The zero-order valence-electron chi connectivity index (χ0n) is 13.4. The Morgan fingerprint density at radius 3 is 2.92 bits per heavy atom. The number of thioether (sulfide) groups is 1. The predicted octanol–water partition coefficient (Wildman–Crippen LogP) is 2.43. The van der Waals surface area contributed by atoms with Crippen molar-refractivity contribution in [2.45, 2.75) is 18.0 Å². The lowest BCUT2D eigenvalue weighted by Crippen LogP contribution is -2.33. The molecule has 1 aliphatic heterocycles. The minimum absolute atomic E-state index is 0.0841. The van der Waals surface area contributed by atoms with Crippen molar-refractivity contribution in [1.82, 2.24) is 5.32 Å². The molecular weight excluding hydrogens is 346 g/mol. The van der Waals surface area contributed by atoms with E-state index in [9.17, 15) is 9.59 Å². The molecule has 25 heavy (non-hydrogen) atoms. The van der Waals surface area contributed by atoms with E-state index in [1.807, 2.05) is 24.3 Å². The Hall–Kier alpha value is -2.45. The van der Waals surface area contributed by atoms with Crippen LogP contribution in [0.25, 0.3) is 0 Å². The molecule has 2 aromatic rings. The quantitative estimate of drug-likeness (QED) is 0.755. The first-order valence-electron chi connectivity index (χ1n) is 7.57. The minimum atomic E-state index is -0.846. The predicted molar refractivity (Wildman–Crippen MR) is 90.6 cm³/mol. The summed E-state index contributed by atoms with van der Waals surface area (Å²) in [6, 6.07) is 10.1. The molecule has 7 nitrogen and oxygen atoms in total. The molecular formula is C17H17NO6S. The molecule has 2 atom stereocenters. The first-order chi connectivity index (χ1) is 12.1. The van der Waals surface area contributed by atoms with E-state index in [1.54, 1.807) is 17.8 Å². The fourth-order valence-corrected chi connectivity index (χ4v) is 3.62. The molecule has 0 radical (unpaired) electrons. The van der Waals surface area contributed by atoms with Crippen LogP contribution in [0.1, 0.15) is 27.3 Å². The van der Waals surface area contributed by atoms with Gasteiger partial charge < -0.3 is 19.0 Å². The van der Waals surface area contributed by atoms with Gasteiger partial charge in [-0.15, -0.1) is 11.8 Å². The van der Waals surface area contributed by atoms with Crippen molar-refractivity contribution in [1.29, 1.82) is 0 Å².